The van der Waals surface area contributed by atoms with Gasteiger partial charge in [-0.15, -0.1) is 0 Å². The van der Waals surface area contributed by atoms with Gasteiger partial charge >= 0.3 is 7.12 Å². The van der Waals surface area contributed by atoms with Crippen molar-refractivity contribution in [3.05, 3.63) is 321 Å². The van der Waals surface area contributed by atoms with Gasteiger partial charge in [-0.05, 0) is 143 Å². The minimum absolute atomic E-state index is 0. The van der Waals surface area contributed by atoms with Gasteiger partial charge in [-0.25, -0.2) is 9.97 Å². The van der Waals surface area contributed by atoms with Crippen LogP contribution in [0.25, 0.3) is 209 Å². The van der Waals surface area contributed by atoms with E-state index in [0.717, 1.165) is 193 Å². The van der Waals surface area contributed by atoms with Gasteiger partial charge in [-0.3, -0.25) is 9.97 Å². The largest absolute Gasteiger partial charge is 1.00 e. The molecule has 6 aromatic heterocycles. The zero-order valence-corrected chi connectivity index (χ0v) is 61.0. The van der Waals surface area contributed by atoms with Crippen LogP contribution in [0.15, 0.2) is 333 Å². The zero-order chi connectivity index (χ0) is 73.5. The van der Waals surface area contributed by atoms with Crippen molar-refractivity contribution in [1.82, 2.24) is 19.9 Å². The summed E-state index contributed by atoms with van der Waals surface area (Å²) in [6.45, 7) is 8.32. The third-order valence-electron chi connectivity index (χ3n) is 22.4. The van der Waals surface area contributed by atoms with Gasteiger partial charge in [0.1, 0.15) is 39.1 Å². The molecule has 1 aliphatic rings. The Morgan fingerprint density at radius 2 is 0.636 bits per heavy atom. The number of furan rings is 4. The molecule has 23 rings (SSSR count). The number of aromatic nitrogens is 4. The molecule has 10 nitrogen and oxygen atoms in total. The highest BCUT2D eigenvalue weighted by Gasteiger charge is 2.51. The van der Waals surface area contributed by atoms with E-state index in [1.54, 1.807) is 0 Å². The molecule has 0 amide bonds. The van der Waals surface area contributed by atoms with Crippen molar-refractivity contribution in [3.63, 3.8) is 0 Å². The summed E-state index contributed by atoms with van der Waals surface area (Å²) in [5.74, 6) is 0. The fourth-order valence-electron chi connectivity index (χ4n) is 16.3. The molecule has 0 aliphatic carbocycles. The third kappa shape index (κ3) is 10.6. The SMILES string of the molecule is CC1(C)OB(c2cccc(-c3cccc(-c4cnc5c6ccccc6c6ccccc6c5n4)c3)c2)OC1(C)C.Clc1cccc2c1oc1c2ccc2oc3ccccc3c21.[2H-].c1cc(-c2cccc(-c3cccc4c3oc3c4ccc4oc5ccccc5c43)c2)cc(-c2cnc3c4ccccc4c4ccccc4c3n2)c1. The van der Waals surface area contributed by atoms with Gasteiger partial charge in [0, 0.05) is 70.6 Å². The van der Waals surface area contributed by atoms with Crippen LogP contribution in [-0.2, 0) is 9.31 Å². The Kier molecular flexibility index (Phi) is 15.0. The van der Waals surface area contributed by atoms with Gasteiger partial charge < -0.3 is 28.4 Å². The lowest BCUT2D eigenvalue weighted by Crippen LogP contribution is -2.41. The Bertz CT molecular complexity index is 7480. The average molecular weight is 1440 g/mol. The summed E-state index contributed by atoms with van der Waals surface area (Å²) in [7, 11) is -0.396. The molecule has 1 fully saturated rings. The lowest BCUT2D eigenvalue weighted by atomic mass is 9.78. The first-order valence-electron chi connectivity index (χ1n) is 37.0. The molecule has 0 N–H and O–H groups in total. The number of nitrogens with zero attached hydrogens (tertiary/aromatic N) is 4. The maximum Gasteiger partial charge on any atom is 0.494 e. The minimum Gasteiger partial charge on any atom is -1.00 e. The van der Waals surface area contributed by atoms with E-state index in [2.05, 4.69) is 264 Å². The summed E-state index contributed by atoms with van der Waals surface area (Å²) in [4.78, 5) is 20.3. The van der Waals surface area contributed by atoms with Gasteiger partial charge in [0.25, 0.3) is 0 Å². The molecular weight excluding hydrogens is 1380 g/mol. The number of rotatable bonds is 6. The molecule has 0 unspecified atom stereocenters. The molecule has 0 spiro atoms. The van der Waals surface area contributed by atoms with Crippen molar-refractivity contribution in [2.45, 2.75) is 38.9 Å². The maximum atomic E-state index is 6.76. The van der Waals surface area contributed by atoms with E-state index >= 15 is 0 Å². The van der Waals surface area contributed by atoms with E-state index in [0.29, 0.717) is 5.02 Å². The van der Waals surface area contributed by atoms with Crippen LogP contribution in [-0.4, -0.2) is 38.3 Å². The van der Waals surface area contributed by atoms with Crippen molar-refractivity contribution >= 4 is 177 Å². The molecular formula is C98H65BClN4O6-. The average Bonchev–Trinajstić information content (AvgIpc) is 1.71. The fraction of sp³-hybridized carbons (Fsp3) is 0.0612. The van der Waals surface area contributed by atoms with Crippen LogP contribution in [0.5, 0.6) is 0 Å². The fourth-order valence-corrected chi connectivity index (χ4v) is 16.5. The summed E-state index contributed by atoms with van der Waals surface area (Å²) in [6, 6.07) is 105. The van der Waals surface area contributed by atoms with Crippen LogP contribution >= 0.6 is 11.6 Å². The Hall–Kier alpha value is -13.3. The highest BCUT2D eigenvalue weighted by Crippen LogP contribution is 2.46. The molecule has 110 heavy (non-hydrogen) atoms. The quantitative estimate of drug-likeness (QED) is 0.117. The van der Waals surface area contributed by atoms with E-state index in [1.807, 2.05) is 79.1 Å². The van der Waals surface area contributed by atoms with Gasteiger partial charge in [0.15, 0.2) is 5.58 Å². The van der Waals surface area contributed by atoms with Crippen LogP contribution < -0.4 is 5.46 Å². The summed E-state index contributed by atoms with van der Waals surface area (Å²) < 4.78 is 37.5. The van der Waals surface area contributed by atoms with Crippen molar-refractivity contribution in [3.8, 4) is 55.9 Å². The number of benzene rings is 16. The van der Waals surface area contributed by atoms with E-state index < -0.39 is 7.12 Å². The number of halogens is 1. The summed E-state index contributed by atoms with van der Waals surface area (Å²) >= 11 is 6.25. The first kappa shape index (κ1) is 65.0. The molecule has 0 radical (unpaired) electrons. The summed E-state index contributed by atoms with van der Waals surface area (Å²) in [5.41, 5.74) is 21.0. The van der Waals surface area contributed by atoms with E-state index in [-0.39, 0.29) is 12.6 Å². The predicted octanol–water partition coefficient (Wildman–Crippen LogP) is 26.6. The molecule has 12 heteroatoms. The maximum absolute atomic E-state index is 6.76. The highest BCUT2D eigenvalue weighted by atomic mass is 35.5. The molecule has 0 bridgehead atoms. The lowest BCUT2D eigenvalue weighted by molar-refractivity contribution is 0.00578. The number of fused-ring (bicyclic) bond motifs is 26. The molecule has 7 heterocycles. The van der Waals surface area contributed by atoms with Crippen molar-refractivity contribution in [2.24, 2.45) is 0 Å². The van der Waals surface area contributed by atoms with E-state index in [9.17, 15) is 0 Å². The number of hydrogen-bond acceptors (Lipinski definition) is 10. The number of hydrogen-bond donors (Lipinski definition) is 0. The second kappa shape index (κ2) is 25.4. The first-order valence-corrected chi connectivity index (χ1v) is 37.4. The highest BCUT2D eigenvalue weighted by molar-refractivity contribution is 6.62. The number of para-hydroxylation sites is 4. The summed E-state index contributed by atoms with van der Waals surface area (Å²) in [6.07, 6.45) is 3.80. The molecule has 22 aromatic rings. The van der Waals surface area contributed by atoms with Gasteiger partial charge in [0.05, 0.1) is 72.8 Å². The smallest absolute Gasteiger partial charge is 0.494 e. The zero-order valence-electron chi connectivity index (χ0n) is 61.2. The van der Waals surface area contributed by atoms with Gasteiger partial charge in [-0.1, -0.05) is 254 Å². The predicted molar refractivity (Wildman–Crippen MR) is 454 cm³/mol. The minimum atomic E-state index is -0.396. The molecule has 16 aromatic carbocycles. The van der Waals surface area contributed by atoms with Crippen molar-refractivity contribution in [1.29, 1.82) is 0 Å². The van der Waals surface area contributed by atoms with Crippen molar-refractivity contribution < 1.29 is 28.4 Å². The van der Waals surface area contributed by atoms with E-state index in [1.165, 1.54) is 21.5 Å². The van der Waals surface area contributed by atoms with Gasteiger partial charge in [-0.2, -0.15) is 0 Å². The van der Waals surface area contributed by atoms with Gasteiger partial charge in [0.2, 0.25) is 0 Å². The first-order chi connectivity index (χ1) is 53.9. The van der Waals surface area contributed by atoms with Crippen LogP contribution in [0.2, 0.25) is 5.02 Å². The standard InChI is InChI=1S/C46H26N2O2.C34H29BN2O2.C18H9ClO2.H/c1-3-16-34-32(14-1)33-15-2-4-17-35(33)44-43(34)47-26-39(48-44)30-13-8-11-28(25-30)27-10-7-12-29(24-27)31-19-9-20-36-37-22-23-41-42(46(37)50-45(31)36)38-18-5-6-21-40(38)49-41;1-33(2)34(3,4)39-35(38-33)25-14-10-12-23(20-25)22-11-9-13-24(19-22)30-21-36-31-28-17-7-5-15-26(28)27-16-6-8-18-29(27)32(31)37-30;19-13-6-3-5-10-11-8-9-15-16(18(11)21-17(10)13)12-4-1-2-7-14(12)20-15;/h1-26H;5-21H,1-4H3;1-9H;/q;;;-1/i;;;1+1. The van der Waals surface area contributed by atoms with Crippen LogP contribution in [0, 0.1) is 0 Å². The Morgan fingerprint density at radius 1 is 0.282 bits per heavy atom. The Balaban J connectivity index is 0.000000117. The second-order valence-corrected chi connectivity index (χ2v) is 29.8. The Labute approximate surface area is 637 Å². The molecule has 524 valence electrons. The third-order valence-corrected chi connectivity index (χ3v) is 22.7. The normalized spacial score (nSPS) is 13.6. The molecule has 1 saturated heterocycles. The Morgan fingerprint density at radius 3 is 1.13 bits per heavy atom. The lowest BCUT2D eigenvalue weighted by Gasteiger charge is -2.32. The monoisotopic (exact) mass is 1440 g/mol. The van der Waals surface area contributed by atoms with Crippen LogP contribution in [0.1, 0.15) is 29.1 Å². The van der Waals surface area contributed by atoms with Crippen molar-refractivity contribution in [2.75, 3.05) is 0 Å². The van der Waals surface area contributed by atoms with E-state index in [4.69, 9.17) is 58.5 Å². The van der Waals surface area contributed by atoms with Crippen LogP contribution in [0.4, 0.5) is 0 Å². The summed E-state index contributed by atoms with van der Waals surface area (Å²) in [5, 5.41) is 18.3. The van der Waals surface area contributed by atoms with Crippen LogP contribution in [0.3, 0.4) is 0 Å². The molecule has 0 atom stereocenters. The second-order valence-electron chi connectivity index (χ2n) is 29.4. The molecule has 0 saturated carbocycles. The topological polar surface area (TPSA) is 123 Å². The molecule has 1 aliphatic heterocycles.